The average Bonchev–Trinajstić information content (AvgIpc) is 3.25. The molecule has 1 fully saturated rings. The normalized spacial score (nSPS) is 17.1. The van der Waals surface area contributed by atoms with Crippen molar-refractivity contribution in [3.05, 3.63) is 58.3 Å². The highest BCUT2D eigenvalue weighted by Crippen LogP contribution is 2.27. The van der Waals surface area contributed by atoms with Gasteiger partial charge in [0.2, 0.25) is 11.8 Å². The summed E-state index contributed by atoms with van der Waals surface area (Å²) < 4.78 is 0. The number of thiophene rings is 1. The van der Waals surface area contributed by atoms with Gasteiger partial charge in [0.25, 0.3) is 0 Å². The number of hydrogen-bond donors (Lipinski definition) is 0. The molecule has 1 aromatic heterocycles. The van der Waals surface area contributed by atoms with Gasteiger partial charge in [0.1, 0.15) is 0 Å². The third-order valence-electron chi connectivity index (χ3n) is 4.61. The minimum Gasteiger partial charge on any atom is -0.337 e. The lowest BCUT2D eigenvalue weighted by Gasteiger charge is -2.25. The van der Waals surface area contributed by atoms with Gasteiger partial charge in [0.05, 0.1) is 6.54 Å². The molecule has 0 aliphatic carbocycles. The monoisotopic (exact) mass is 356 g/mol. The first-order valence-corrected chi connectivity index (χ1v) is 9.73. The molecule has 5 heteroatoms. The number of benzene rings is 1. The average molecular weight is 356 g/mol. The highest BCUT2D eigenvalue weighted by atomic mass is 32.1. The molecular formula is C20H24N2O2S. The summed E-state index contributed by atoms with van der Waals surface area (Å²) in [6.07, 6.45) is 1.41. The first kappa shape index (κ1) is 17.7. The number of likely N-dealkylation sites (tertiary alicyclic amines) is 1. The van der Waals surface area contributed by atoms with Crippen LogP contribution in [0.2, 0.25) is 0 Å². The van der Waals surface area contributed by atoms with E-state index in [-0.39, 0.29) is 24.3 Å². The first-order chi connectivity index (χ1) is 12.2. The molecule has 1 aliphatic heterocycles. The van der Waals surface area contributed by atoms with Crippen LogP contribution in [-0.4, -0.2) is 41.2 Å². The van der Waals surface area contributed by atoms with Gasteiger partial charge in [0.15, 0.2) is 0 Å². The van der Waals surface area contributed by atoms with Crippen molar-refractivity contribution in [2.45, 2.75) is 32.2 Å². The van der Waals surface area contributed by atoms with Crippen LogP contribution in [0.1, 0.15) is 36.8 Å². The maximum absolute atomic E-state index is 12.7. The van der Waals surface area contributed by atoms with E-state index in [1.54, 1.807) is 16.2 Å². The Morgan fingerprint density at radius 2 is 2.08 bits per heavy atom. The number of hydrogen-bond acceptors (Lipinski definition) is 3. The van der Waals surface area contributed by atoms with E-state index in [0.717, 1.165) is 18.5 Å². The van der Waals surface area contributed by atoms with Gasteiger partial charge in [-0.05, 0) is 34.4 Å². The summed E-state index contributed by atoms with van der Waals surface area (Å²) in [5.74, 6) is 0.308. The molecule has 0 spiro atoms. The fourth-order valence-corrected chi connectivity index (χ4v) is 3.96. The molecule has 2 amide bonds. The summed E-state index contributed by atoms with van der Waals surface area (Å²) in [5.41, 5.74) is 2.33. The highest BCUT2D eigenvalue weighted by molar-refractivity contribution is 7.07. The lowest BCUT2D eigenvalue weighted by molar-refractivity contribution is -0.138. The van der Waals surface area contributed by atoms with Gasteiger partial charge in [-0.15, -0.1) is 0 Å². The van der Waals surface area contributed by atoms with Gasteiger partial charge >= 0.3 is 0 Å². The third-order valence-corrected chi connectivity index (χ3v) is 5.34. The smallest absolute Gasteiger partial charge is 0.242 e. The lowest BCUT2D eigenvalue weighted by atomic mass is 9.99. The number of carbonyl (C=O) groups is 2. The molecule has 0 unspecified atom stereocenters. The van der Waals surface area contributed by atoms with Crippen LogP contribution in [0.4, 0.5) is 0 Å². The van der Waals surface area contributed by atoms with E-state index in [9.17, 15) is 9.59 Å². The predicted octanol–water partition coefficient (Wildman–Crippen LogP) is 3.50. The van der Waals surface area contributed by atoms with Gasteiger partial charge in [-0.2, -0.15) is 11.3 Å². The standard InChI is InChI=1S/C20H24N2O2S/c1-2-9-21(12-16-8-10-25-15-16)20(24)14-22-13-18(11-19(22)23)17-6-4-3-5-7-17/h3-8,10,15,18H,2,9,11-14H2,1H3/t18-/m0/s1. The molecule has 0 bridgehead atoms. The van der Waals surface area contributed by atoms with E-state index >= 15 is 0 Å². The predicted molar refractivity (Wildman–Crippen MR) is 100 cm³/mol. The van der Waals surface area contributed by atoms with Gasteiger partial charge in [-0.3, -0.25) is 9.59 Å². The van der Waals surface area contributed by atoms with Crippen LogP contribution in [0.5, 0.6) is 0 Å². The third kappa shape index (κ3) is 4.48. The fourth-order valence-electron chi connectivity index (χ4n) is 3.30. The SMILES string of the molecule is CCCN(Cc1ccsc1)C(=O)CN1C[C@@H](c2ccccc2)CC1=O. The minimum atomic E-state index is 0.0371. The van der Waals surface area contributed by atoms with Crippen LogP contribution in [0.25, 0.3) is 0 Å². The minimum absolute atomic E-state index is 0.0371. The summed E-state index contributed by atoms with van der Waals surface area (Å²) in [5, 5.41) is 4.10. The molecule has 1 atom stereocenters. The van der Waals surface area contributed by atoms with Crippen LogP contribution in [-0.2, 0) is 16.1 Å². The Labute approximate surface area is 153 Å². The zero-order valence-electron chi connectivity index (χ0n) is 14.6. The highest BCUT2D eigenvalue weighted by Gasteiger charge is 2.32. The molecule has 25 heavy (non-hydrogen) atoms. The van der Waals surface area contributed by atoms with Crippen molar-refractivity contribution < 1.29 is 9.59 Å². The number of carbonyl (C=O) groups excluding carboxylic acids is 2. The second-order valence-electron chi connectivity index (χ2n) is 6.53. The maximum Gasteiger partial charge on any atom is 0.242 e. The molecule has 4 nitrogen and oxygen atoms in total. The fraction of sp³-hybridized carbons (Fsp3) is 0.400. The Morgan fingerprint density at radius 1 is 1.28 bits per heavy atom. The van der Waals surface area contributed by atoms with E-state index in [0.29, 0.717) is 19.5 Å². The van der Waals surface area contributed by atoms with Crippen LogP contribution < -0.4 is 0 Å². The van der Waals surface area contributed by atoms with Crippen molar-refractivity contribution in [3.63, 3.8) is 0 Å². The molecule has 0 N–H and O–H groups in total. The largest absolute Gasteiger partial charge is 0.337 e. The van der Waals surface area contributed by atoms with Crippen LogP contribution >= 0.6 is 11.3 Å². The van der Waals surface area contributed by atoms with Crippen molar-refractivity contribution >= 4 is 23.2 Å². The van der Waals surface area contributed by atoms with Crippen LogP contribution in [0.15, 0.2) is 47.2 Å². The van der Waals surface area contributed by atoms with Gasteiger partial charge in [-0.1, -0.05) is 37.3 Å². The van der Waals surface area contributed by atoms with E-state index < -0.39 is 0 Å². The second kappa shape index (κ2) is 8.30. The molecule has 2 aromatic rings. The van der Waals surface area contributed by atoms with E-state index in [4.69, 9.17) is 0 Å². The topological polar surface area (TPSA) is 40.6 Å². The molecule has 3 rings (SSSR count). The first-order valence-electron chi connectivity index (χ1n) is 8.79. The van der Waals surface area contributed by atoms with Crippen molar-refractivity contribution in [1.82, 2.24) is 9.80 Å². The zero-order valence-corrected chi connectivity index (χ0v) is 15.4. The Balaban J connectivity index is 1.61. The van der Waals surface area contributed by atoms with Gasteiger partial charge in [-0.25, -0.2) is 0 Å². The van der Waals surface area contributed by atoms with Gasteiger partial charge < -0.3 is 9.80 Å². The molecule has 132 valence electrons. The Bertz CT molecular complexity index is 700. The van der Waals surface area contributed by atoms with Crippen molar-refractivity contribution in [2.24, 2.45) is 0 Å². The quantitative estimate of drug-likeness (QED) is 0.762. The van der Waals surface area contributed by atoms with E-state index in [1.807, 2.05) is 34.5 Å². The Hall–Kier alpha value is -2.14. The number of nitrogens with zero attached hydrogens (tertiary/aromatic N) is 2. The Kier molecular flexibility index (Phi) is 5.87. The van der Waals surface area contributed by atoms with E-state index in [1.165, 1.54) is 5.56 Å². The number of amides is 2. The maximum atomic E-state index is 12.7. The molecule has 0 saturated carbocycles. The molecule has 1 aromatic carbocycles. The van der Waals surface area contributed by atoms with Crippen molar-refractivity contribution in [1.29, 1.82) is 0 Å². The molecule has 1 saturated heterocycles. The molecule has 2 heterocycles. The summed E-state index contributed by atoms with van der Waals surface area (Å²) in [7, 11) is 0. The van der Waals surface area contributed by atoms with Crippen molar-refractivity contribution in [3.8, 4) is 0 Å². The zero-order chi connectivity index (χ0) is 17.6. The van der Waals surface area contributed by atoms with Crippen LogP contribution in [0, 0.1) is 0 Å². The molecular weight excluding hydrogens is 332 g/mol. The second-order valence-corrected chi connectivity index (χ2v) is 7.31. The molecule has 1 aliphatic rings. The van der Waals surface area contributed by atoms with E-state index in [2.05, 4.69) is 24.4 Å². The lowest BCUT2D eigenvalue weighted by Crippen LogP contribution is -2.41. The molecule has 0 radical (unpaired) electrons. The number of rotatable bonds is 7. The van der Waals surface area contributed by atoms with Crippen molar-refractivity contribution in [2.75, 3.05) is 19.6 Å². The summed E-state index contributed by atoms with van der Waals surface area (Å²) >= 11 is 1.64. The summed E-state index contributed by atoms with van der Waals surface area (Å²) in [4.78, 5) is 28.7. The Morgan fingerprint density at radius 3 is 2.76 bits per heavy atom. The van der Waals surface area contributed by atoms with Crippen LogP contribution in [0.3, 0.4) is 0 Å². The van der Waals surface area contributed by atoms with Gasteiger partial charge in [0, 0.05) is 32.0 Å². The summed E-state index contributed by atoms with van der Waals surface area (Å²) in [6, 6.07) is 12.1. The summed E-state index contributed by atoms with van der Waals surface area (Å²) in [6.45, 7) is 4.23.